The molecule has 0 aliphatic heterocycles. The normalized spacial score (nSPS) is 10.9. The zero-order chi connectivity index (χ0) is 26.7. The summed E-state index contributed by atoms with van der Waals surface area (Å²) in [6.45, 7) is 7.23. The van der Waals surface area contributed by atoms with Crippen LogP contribution in [0.25, 0.3) is 0 Å². The van der Waals surface area contributed by atoms with E-state index in [1.165, 1.54) is 154 Å². The van der Waals surface area contributed by atoms with Crippen molar-refractivity contribution in [3.8, 4) is 5.75 Å². The molecule has 0 spiro atoms. The maximum absolute atomic E-state index is 10.3. The molecule has 0 aliphatic carbocycles. The molecule has 0 amide bonds. The van der Waals surface area contributed by atoms with Gasteiger partial charge in [0, 0.05) is 0 Å². The van der Waals surface area contributed by atoms with Gasteiger partial charge in [0.1, 0.15) is 11.3 Å². The van der Waals surface area contributed by atoms with E-state index in [9.17, 15) is 4.79 Å². The molecular weight excluding hydrogens is 446 g/mol. The summed E-state index contributed by atoms with van der Waals surface area (Å²) < 4.78 is 0. The molecule has 2 N–H and O–H groups in total. The number of aromatic hydroxyl groups is 1. The maximum Gasteiger partial charge on any atom is 0.339 e. The molecule has 1 rings (SSSR count). The van der Waals surface area contributed by atoms with Gasteiger partial charge in [-0.2, -0.15) is 0 Å². The summed E-state index contributed by atoms with van der Waals surface area (Å²) in [6, 6.07) is 5.81. The van der Waals surface area contributed by atoms with Gasteiger partial charge in [0.05, 0.1) is 0 Å². The fourth-order valence-electron chi connectivity index (χ4n) is 4.50. The van der Waals surface area contributed by atoms with Crippen LogP contribution < -0.4 is 0 Å². The van der Waals surface area contributed by atoms with Gasteiger partial charge < -0.3 is 15.1 Å². The summed E-state index contributed by atoms with van der Waals surface area (Å²) in [5, 5.41) is 17.3. The molecule has 0 aromatic heterocycles. The molecule has 1 aromatic rings. The number of benzene rings is 1. The van der Waals surface area contributed by atoms with Crippen molar-refractivity contribution in [2.75, 3.05) is 20.1 Å². The SMILES string of the molecule is CCCCCCCCCCCCN(C)CCCCCCCCCCCC.O=C(O)c1ccccc1O. The first kappa shape index (κ1) is 34.5. The zero-order valence-corrected chi connectivity index (χ0v) is 24.1. The minimum atomic E-state index is -1.11. The van der Waals surface area contributed by atoms with E-state index in [2.05, 4.69) is 25.8 Å². The van der Waals surface area contributed by atoms with E-state index in [1.54, 1.807) is 12.1 Å². The van der Waals surface area contributed by atoms with Gasteiger partial charge in [-0.05, 0) is 45.1 Å². The van der Waals surface area contributed by atoms with Gasteiger partial charge in [-0.3, -0.25) is 0 Å². The van der Waals surface area contributed by atoms with Crippen molar-refractivity contribution < 1.29 is 15.0 Å². The van der Waals surface area contributed by atoms with E-state index < -0.39 is 5.97 Å². The first-order valence-electron chi connectivity index (χ1n) is 15.2. The van der Waals surface area contributed by atoms with Crippen LogP contribution in [0.5, 0.6) is 5.75 Å². The van der Waals surface area contributed by atoms with Gasteiger partial charge >= 0.3 is 5.97 Å². The van der Waals surface area contributed by atoms with E-state index in [0.29, 0.717) is 0 Å². The van der Waals surface area contributed by atoms with Gasteiger partial charge in [0.15, 0.2) is 0 Å². The molecule has 0 saturated carbocycles. The van der Waals surface area contributed by atoms with Gasteiger partial charge in [-0.1, -0.05) is 142 Å². The molecule has 1 aromatic carbocycles. The maximum atomic E-state index is 10.3. The Morgan fingerprint density at radius 2 is 0.944 bits per heavy atom. The largest absolute Gasteiger partial charge is 0.507 e. The number of hydrogen-bond donors (Lipinski definition) is 2. The number of unbranched alkanes of at least 4 members (excludes halogenated alkanes) is 18. The topological polar surface area (TPSA) is 60.8 Å². The van der Waals surface area contributed by atoms with Gasteiger partial charge in [-0.15, -0.1) is 0 Å². The molecule has 210 valence electrons. The van der Waals surface area contributed by atoms with Crippen molar-refractivity contribution in [3.05, 3.63) is 29.8 Å². The first-order chi connectivity index (χ1) is 17.5. The highest BCUT2D eigenvalue weighted by Gasteiger charge is 2.05. The fraction of sp³-hybridized carbons (Fsp3) is 0.781. The van der Waals surface area contributed by atoms with E-state index in [1.807, 2.05) is 0 Å². The van der Waals surface area contributed by atoms with Crippen molar-refractivity contribution >= 4 is 5.97 Å². The molecule has 0 unspecified atom stereocenters. The van der Waals surface area contributed by atoms with E-state index in [4.69, 9.17) is 10.2 Å². The lowest BCUT2D eigenvalue weighted by Crippen LogP contribution is -2.20. The molecule has 0 radical (unpaired) electrons. The van der Waals surface area contributed by atoms with Crippen LogP contribution in [-0.4, -0.2) is 41.2 Å². The van der Waals surface area contributed by atoms with Crippen molar-refractivity contribution in [2.45, 2.75) is 142 Å². The summed E-state index contributed by atoms with van der Waals surface area (Å²) in [5.74, 6) is -1.31. The number of aromatic carboxylic acids is 1. The monoisotopic (exact) mass is 505 g/mol. The van der Waals surface area contributed by atoms with Crippen LogP contribution in [-0.2, 0) is 0 Å². The van der Waals surface area contributed by atoms with E-state index in [-0.39, 0.29) is 11.3 Å². The van der Waals surface area contributed by atoms with Crippen molar-refractivity contribution in [1.29, 1.82) is 0 Å². The van der Waals surface area contributed by atoms with Gasteiger partial charge in [0.25, 0.3) is 0 Å². The Bertz CT molecular complexity index is 581. The smallest absolute Gasteiger partial charge is 0.339 e. The second kappa shape index (κ2) is 26.5. The number of rotatable bonds is 23. The number of para-hydroxylation sites is 1. The van der Waals surface area contributed by atoms with E-state index in [0.717, 1.165) is 0 Å². The Labute approximate surface area is 223 Å². The summed E-state index contributed by atoms with van der Waals surface area (Å²) in [6.07, 6.45) is 28.9. The molecule has 0 heterocycles. The minimum absolute atomic E-state index is 0.0671. The van der Waals surface area contributed by atoms with Gasteiger partial charge in [0.2, 0.25) is 0 Å². The second-order valence-corrected chi connectivity index (χ2v) is 10.5. The summed E-state index contributed by atoms with van der Waals surface area (Å²) >= 11 is 0. The van der Waals surface area contributed by atoms with E-state index >= 15 is 0 Å². The lowest BCUT2D eigenvalue weighted by Gasteiger charge is -2.16. The number of phenols is 1. The minimum Gasteiger partial charge on any atom is -0.507 e. The average molecular weight is 506 g/mol. The number of carbonyl (C=O) groups is 1. The van der Waals surface area contributed by atoms with Crippen LogP contribution >= 0.6 is 0 Å². The highest BCUT2D eigenvalue weighted by atomic mass is 16.4. The molecular formula is C32H59NO3. The molecule has 0 fully saturated rings. The van der Waals surface area contributed by atoms with Crippen LogP contribution in [0.4, 0.5) is 0 Å². The average Bonchev–Trinajstić information content (AvgIpc) is 2.87. The molecule has 4 heteroatoms. The summed E-state index contributed by atoms with van der Waals surface area (Å²) in [4.78, 5) is 12.8. The lowest BCUT2D eigenvalue weighted by atomic mass is 10.1. The quantitative estimate of drug-likeness (QED) is 0.145. The molecule has 0 bridgehead atoms. The zero-order valence-electron chi connectivity index (χ0n) is 24.1. The Morgan fingerprint density at radius 3 is 1.25 bits per heavy atom. The van der Waals surface area contributed by atoms with Crippen LogP contribution in [0.3, 0.4) is 0 Å². The van der Waals surface area contributed by atoms with Crippen LogP contribution in [0.1, 0.15) is 153 Å². The Balaban J connectivity index is 0.00000101. The number of hydrogen-bond acceptors (Lipinski definition) is 3. The van der Waals surface area contributed by atoms with Crippen molar-refractivity contribution in [1.82, 2.24) is 4.90 Å². The van der Waals surface area contributed by atoms with Crippen LogP contribution in [0.15, 0.2) is 24.3 Å². The molecule has 36 heavy (non-hydrogen) atoms. The molecule has 0 atom stereocenters. The predicted molar refractivity (Wildman–Crippen MR) is 156 cm³/mol. The third-order valence-corrected chi connectivity index (χ3v) is 6.92. The number of nitrogens with zero attached hydrogens (tertiary/aromatic N) is 1. The Kier molecular flexibility index (Phi) is 25.4. The fourth-order valence-corrected chi connectivity index (χ4v) is 4.50. The van der Waals surface area contributed by atoms with Crippen molar-refractivity contribution in [2.24, 2.45) is 0 Å². The first-order valence-corrected chi connectivity index (χ1v) is 15.2. The lowest BCUT2D eigenvalue weighted by molar-refractivity contribution is 0.0693. The van der Waals surface area contributed by atoms with Crippen LogP contribution in [0.2, 0.25) is 0 Å². The molecule has 0 saturated heterocycles. The third-order valence-electron chi connectivity index (χ3n) is 6.92. The highest BCUT2D eigenvalue weighted by Crippen LogP contribution is 2.15. The highest BCUT2D eigenvalue weighted by molar-refractivity contribution is 5.90. The van der Waals surface area contributed by atoms with Crippen molar-refractivity contribution in [3.63, 3.8) is 0 Å². The standard InChI is InChI=1S/C25H53N.C7H6O3/c1-4-6-8-10-12-14-16-18-20-22-24-26(3)25-23-21-19-17-15-13-11-9-7-5-2;8-6-4-2-1-3-5(6)7(9)10/h4-25H2,1-3H3;1-4,8H,(H,9,10). The van der Waals surface area contributed by atoms with Gasteiger partial charge in [-0.25, -0.2) is 4.79 Å². The summed E-state index contributed by atoms with van der Waals surface area (Å²) in [5.41, 5.74) is -0.0671. The molecule has 4 nitrogen and oxygen atoms in total. The second-order valence-electron chi connectivity index (χ2n) is 10.5. The third kappa shape index (κ3) is 22.9. The number of carboxylic acid groups (broad SMARTS) is 1. The predicted octanol–water partition coefficient (Wildman–Crippen LogP) is 9.85. The molecule has 0 aliphatic rings. The Hall–Kier alpha value is -1.55. The Morgan fingerprint density at radius 1 is 0.611 bits per heavy atom. The number of carboxylic acids is 1. The van der Waals surface area contributed by atoms with Crippen LogP contribution in [0, 0.1) is 0 Å². The summed E-state index contributed by atoms with van der Waals surface area (Å²) in [7, 11) is 2.32.